The number of benzene rings is 3. The highest BCUT2D eigenvalue weighted by Gasteiger charge is 2.28. The van der Waals surface area contributed by atoms with Crippen molar-refractivity contribution in [2.24, 2.45) is 0 Å². The Labute approximate surface area is 227 Å². The van der Waals surface area contributed by atoms with Crippen LogP contribution in [0.25, 0.3) is 0 Å². The van der Waals surface area contributed by atoms with Crippen molar-refractivity contribution in [3.63, 3.8) is 0 Å². The second-order valence-electron chi connectivity index (χ2n) is 8.42. The fraction of sp³-hybridized carbons (Fsp3) is 0.269. The number of anilines is 2. The van der Waals surface area contributed by atoms with E-state index < -0.39 is 26.0 Å². The Morgan fingerprint density at radius 1 is 0.897 bits per heavy atom. The van der Waals surface area contributed by atoms with Crippen molar-refractivity contribution in [2.75, 3.05) is 50.1 Å². The number of carbonyl (C=O) groups is 1. The minimum Gasteiger partial charge on any atom is -0.496 e. The van der Waals surface area contributed by atoms with E-state index in [1.54, 1.807) is 24.3 Å². The molecule has 0 atom stereocenters. The van der Waals surface area contributed by atoms with Crippen LogP contribution in [-0.2, 0) is 24.8 Å². The van der Waals surface area contributed by atoms with Gasteiger partial charge in [0.15, 0.2) is 0 Å². The zero-order valence-electron chi connectivity index (χ0n) is 21.4. The summed E-state index contributed by atoms with van der Waals surface area (Å²) in [5.74, 6) is 0.197. The molecule has 0 aliphatic carbocycles. The van der Waals surface area contributed by atoms with Crippen LogP contribution in [0.1, 0.15) is 17.3 Å². The highest BCUT2D eigenvalue weighted by Crippen LogP contribution is 2.27. The lowest BCUT2D eigenvalue weighted by Crippen LogP contribution is -2.40. The molecule has 13 heteroatoms. The lowest BCUT2D eigenvalue weighted by Gasteiger charge is -2.26. The molecule has 1 aliphatic heterocycles. The van der Waals surface area contributed by atoms with E-state index in [1.165, 1.54) is 53.9 Å². The number of morpholine rings is 1. The van der Waals surface area contributed by atoms with Gasteiger partial charge >= 0.3 is 0 Å². The first-order chi connectivity index (χ1) is 18.6. The smallest absolute Gasteiger partial charge is 0.261 e. The number of amides is 1. The number of nitrogens with zero attached hydrogens (tertiary/aromatic N) is 1. The number of methoxy groups -OCH3 is 1. The molecule has 3 aromatic rings. The zero-order chi connectivity index (χ0) is 28.0. The van der Waals surface area contributed by atoms with Crippen LogP contribution in [0.4, 0.5) is 11.4 Å². The normalized spacial score (nSPS) is 14.4. The number of nitrogens with one attached hydrogen (secondary N) is 2. The molecule has 1 saturated heterocycles. The molecule has 0 bridgehead atoms. The molecule has 0 saturated carbocycles. The van der Waals surface area contributed by atoms with Gasteiger partial charge in [0, 0.05) is 24.5 Å². The summed E-state index contributed by atoms with van der Waals surface area (Å²) in [4.78, 5) is 13.0. The minimum atomic E-state index is -3.88. The summed E-state index contributed by atoms with van der Waals surface area (Å²) in [6.45, 7) is 3.39. The van der Waals surface area contributed by atoms with Crippen molar-refractivity contribution in [2.45, 2.75) is 16.7 Å². The summed E-state index contributed by atoms with van der Waals surface area (Å²) in [5, 5.41) is 2.66. The van der Waals surface area contributed by atoms with E-state index in [-0.39, 0.29) is 34.2 Å². The summed E-state index contributed by atoms with van der Waals surface area (Å²) < 4.78 is 71.4. The second kappa shape index (κ2) is 12.0. The molecule has 1 fully saturated rings. The topological polar surface area (TPSA) is 140 Å². The molecule has 1 amide bonds. The first kappa shape index (κ1) is 28.4. The van der Waals surface area contributed by atoms with Crippen molar-refractivity contribution in [1.82, 2.24) is 4.31 Å². The van der Waals surface area contributed by atoms with Crippen molar-refractivity contribution in [3.05, 3.63) is 72.3 Å². The van der Waals surface area contributed by atoms with Crippen LogP contribution in [-0.4, -0.2) is 67.1 Å². The van der Waals surface area contributed by atoms with Crippen molar-refractivity contribution >= 4 is 37.3 Å². The third kappa shape index (κ3) is 6.68. The summed E-state index contributed by atoms with van der Waals surface area (Å²) in [6.07, 6.45) is 0. The van der Waals surface area contributed by atoms with Gasteiger partial charge in [0.25, 0.3) is 15.9 Å². The molecular weight excluding hydrogens is 546 g/mol. The Balaban J connectivity index is 1.49. The summed E-state index contributed by atoms with van der Waals surface area (Å²) >= 11 is 0. The number of sulfonamides is 2. The molecule has 0 radical (unpaired) electrons. The van der Waals surface area contributed by atoms with Crippen molar-refractivity contribution < 1.29 is 35.8 Å². The van der Waals surface area contributed by atoms with Gasteiger partial charge in [0.05, 0.1) is 42.3 Å². The van der Waals surface area contributed by atoms with E-state index in [1.807, 2.05) is 6.92 Å². The third-order valence-electron chi connectivity index (χ3n) is 5.86. The largest absolute Gasteiger partial charge is 0.496 e. The molecule has 1 aliphatic rings. The van der Waals surface area contributed by atoms with Gasteiger partial charge in [-0.25, -0.2) is 16.8 Å². The molecule has 4 rings (SSSR count). The van der Waals surface area contributed by atoms with Crippen molar-refractivity contribution in [1.29, 1.82) is 0 Å². The van der Waals surface area contributed by atoms with Gasteiger partial charge in [-0.1, -0.05) is 0 Å². The van der Waals surface area contributed by atoms with Crippen molar-refractivity contribution in [3.8, 4) is 11.5 Å². The van der Waals surface area contributed by atoms with E-state index in [0.717, 1.165) is 0 Å². The molecule has 39 heavy (non-hydrogen) atoms. The maximum atomic E-state index is 13.1. The van der Waals surface area contributed by atoms with Crippen LogP contribution in [0.15, 0.2) is 76.5 Å². The molecule has 11 nitrogen and oxygen atoms in total. The Bertz CT molecular complexity index is 1520. The average Bonchev–Trinajstić information content (AvgIpc) is 2.94. The molecule has 2 N–H and O–H groups in total. The van der Waals surface area contributed by atoms with Gasteiger partial charge in [-0.3, -0.25) is 9.52 Å². The van der Waals surface area contributed by atoms with Crippen LogP contribution in [0, 0.1) is 0 Å². The quantitative estimate of drug-likeness (QED) is 0.376. The average molecular weight is 576 g/mol. The Morgan fingerprint density at radius 2 is 1.51 bits per heavy atom. The van der Waals surface area contributed by atoms with E-state index in [4.69, 9.17) is 14.2 Å². The van der Waals surface area contributed by atoms with Gasteiger partial charge in [-0.15, -0.1) is 0 Å². The monoisotopic (exact) mass is 575 g/mol. The summed E-state index contributed by atoms with van der Waals surface area (Å²) in [6, 6.07) is 16.2. The first-order valence-corrected chi connectivity index (χ1v) is 15.0. The molecule has 0 unspecified atom stereocenters. The van der Waals surface area contributed by atoms with Gasteiger partial charge in [-0.2, -0.15) is 4.31 Å². The standard InChI is InChI=1S/C26H29N3O8S2/c1-3-37-21-8-4-20(5-9-21)28-38(31,32)22-10-6-19(7-11-22)27-26(30)24-18-23(12-13-25(24)35-2)39(33,34)29-14-16-36-17-15-29/h4-13,18,28H,3,14-17H2,1-2H3,(H,27,30). The number of ether oxygens (including phenoxy) is 3. The highest BCUT2D eigenvalue weighted by molar-refractivity contribution is 7.92. The van der Waals surface area contributed by atoms with E-state index in [9.17, 15) is 21.6 Å². The number of hydrogen-bond donors (Lipinski definition) is 2. The summed E-state index contributed by atoms with van der Waals surface area (Å²) in [7, 11) is -6.34. The Kier molecular flexibility index (Phi) is 8.75. The lowest BCUT2D eigenvalue weighted by molar-refractivity contribution is 0.0730. The maximum absolute atomic E-state index is 13.1. The van der Waals surface area contributed by atoms with E-state index >= 15 is 0 Å². The lowest BCUT2D eigenvalue weighted by atomic mass is 10.2. The van der Waals surface area contributed by atoms with Crippen LogP contribution in [0.3, 0.4) is 0 Å². The maximum Gasteiger partial charge on any atom is 0.261 e. The first-order valence-electron chi connectivity index (χ1n) is 12.1. The SMILES string of the molecule is CCOc1ccc(NS(=O)(=O)c2ccc(NC(=O)c3cc(S(=O)(=O)N4CCOCC4)ccc3OC)cc2)cc1. The zero-order valence-corrected chi connectivity index (χ0v) is 23.0. The number of hydrogen-bond acceptors (Lipinski definition) is 8. The molecular formula is C26H29N3O8S2. The predicted molar refractivity (Wildman–Crippen MR) is 145 cm³/mol. The molecule has 208 valence electrons. The highest BCUT2D eigenvalue weighted by atomic mass is 32.2. The molecule has 3 aromatic carbocycles. The number of carbonyl (C=O) groups excluding carboxylic acids is 1. The Hall–Kier alpha value is -3.65. The predicted octanol–water partition coefficient (Wildman–Crippen LogP) is 3.17. The summed E-state index contributed by atoms with van der Waals surface area (Å²) in [5.41, 5.74) is 0.694. The van der Waals surface area contributed by atoms with Crippen LogP contribution in [0.5, 0.6) is 11.5 Å². The fourth-order valence-electron chi connectivity index (χ4n) is 3.88. The van der Waals surface area contributed by atoms with Crippen LogP contribution < -0.4 is 19.5 Å². The van der Waals surface area contributed by atoms with Gasteiger partial charge in [-0.05, 0) is 73.7 Å². The van der Waals surface area contributed by atoms with E-state index in [2.05, 4.69) is 10.0 Å². The fourth-order valence-corrected chi connectivity index (χ4v) is 6.37. The molecule has 0 spiro atoms. The van der Waals surface area contributed by atoms with Gasteiger partial charge in [0.1, 0.15) is 11.5 Å². The van der Waals surface area contributed by atoms with Gasteiger partial charge in [0.2, 0.25) is 10.0 Å². The van der Waals surface area contributed by atoms with Crippen LogP contribution in [0.2, 0.25) is 0 Å². The molecule has 0 aromatic heterocycles. The Morgan fingerprint density at radius 3 is 2.13 bits per heavy atom. The van der Waals surface area contributed by atoms with Gasteiger partial charge < -0.3 is 19.5 Å². The second-order valence-corrected chi connectivity index (χ2v) is 12.0. The van der Waals surface area contributed by atoms with Crippen LogP contribution >= 0.6 is 0 Å². The molecule has 1 heterocycles. The van der Waals surface area contributed by atoms with E-state index in [0.29, 0.717) is 36.9 Å². The third-order valence-corrected chi connectivity index (χ3v) is 9.16. The minimum absolute atomic E-state index is 0.00874. The number of rotatable bonds is 10.